The van der Waals surface area contributed by atoms with Crippen molar-refractivity contribution in [3.63, 3.8) is 0 Å². The molecule has 3 atom stereocenters. The van der Waals surface area contributed by atoms with Crippen molar-refractivity contribution in [3.05, 3.63) is 0 Å². The Morgan fingerprint density at radius 1 is 1.18 bits per heavy atom. The zero-order valence-electron chi connectivity index (χ0n) is 9.97. The highest BCUT2D eigenvalue weighted by molar-refractivity contribution is 5.86. The van der Waals surface area contributed by atoms with E-state index in [0.29, 0.717) is 6.54 Å². The van der Waals surface area contributed by atoms with Gasteiger partial charge >= 0.3 is 17.9 Å². The lowest BCUT2D eigenvalue weighted by molar-refractivity contribution is -0.152. The number of ether oxygens (including phenoxy) is 3. The van der Waals surface area contributed by atoms with Gasteiger partial charge in [-0.3, -0.25) is 19.3 Å². The van der Waals surface area contributed by atoms with Crippen LogP contribution in [0.25, 0.3) is 0 Å². The summed E-state index contributed by atoms with van der Waals surface area (Å²) in [5.74, 6) is -1.53. The molecule has 7 nitrogen and oxygen atoms in total. The van der Waals surface area contributed by atoms with Crippen molar-refractivity contribution in [1.29, 1.82) is 0 Å². The summed E-state index contributed by atoms with van der Waals surface area (Å²) in [6.07, 6.45) is -0.142. The van der Waals surface area contributed by atoms with E-state index < -0.39 is 30.0 Å². The molecule has 0 spiro atoms. The Labute approximate surface area is 98.6 Å². The third kappa shape index (κ3) is 3.16. The van der Waals surface area contributed by atoms with Gasteiger partial charge in [-0.2, -0.15) is 0 Å². The summed E-state index contributed by atoms with van der Waals surface area (Å²) in [6, 6.07) is -1.27. The molecule has 0 amide bonds. The molecule has 0 aromatic heterocycles. The molecule has 0 saturated carbocycles. The maximum Gasteiger partial charge on any atom is 0.324 e. The van der Waals surface area contributed by atoms with Crippen LogP contribution in [0.15, 0.2) is 0 Å². The molecule has 1 aliphatic heterocycles. The molecule has 0 bridgehead atoms. The molecule has 96 valence electrons. The van der Waals surface area contributed by atoms with E-state index in [1.54, 1.807) is 0 Å². The predicted molar refractivity (Wildman–Crippen MR) is 54.9 cm³/mol. The van der Waals surface area contributed by atoms with Crippen molar-refractivity contribution in [2.24, 2.45) is 0 Å². The summed E-state index contributed by atoms with van der Waals surface area (Å²) >= 11 is 0. The minimum absolute atomic E-state index is 0.142. The van der Waals surface area contributed by atoms with Crippen LogP contribution in [0.4, 0.5) is 0 Å². The number of hydrogen-bond donors (Lipinski definition) is 0. The maximum atomic E-state index is 11.5. The Balaban J connectivity index is 2.63. The van der Waals surface area contributed by atoms with Gasteiger partial charge in [-0.1, -0.05) is 0 Å². The topological polar surface area (TPSA) is 81.9 Å². The van der Waals surface area contributed by atoms with Crippen LogP contribution in [0.3, 0.4) is 0 Å². The molecule has 0 radical (unpaired) electrons. The van der Waals surface area contributed by atoms with Gasteiger partial charge in [-0.25, -0.2) is 0 Å². The van der Waals surface area contributed by atoms with Crippen LogP contribution < -0.4 is 0 Å². The van der Waals surface area contributed by atoms with E-state index in [2.05, 4.69) is 14.2 Å². The van der Waals surface area contributed by atoms with Crippen molar-refractivity contribution in [2.45, 2.75) is 18.5 Å². The fraction of sp³-hybridized carbons (Fsp3) is 0.700. The second kappa shape index (κ2) is 5.62. The molecule has 0 N–H and O–H groups in total. The standard InChI is InChI=1S/C10H15NO6/c1-15-8(12)4-6(9(13)16-2)11-5-7(11)10(14)17-3/h6-7H,4-5H2,1-3H3. The third-order valence-corrected chi connectivity index (χ3v) is 2.59. The summed E-state index contributed by atoms with van der Waals surface area (Å²) in [7, 11) is 3.73. The maximum absolute atomic E-state index is 11.5. The van der Waals surface area contributed by atoms with Gasteiger partial charge in [0.2, 0.25) is 0 Å². The molecule has 1 aliphatic rings. The lowest BCUT2D eigenvalue weighted by Gasteiger charge is -2.14. The van der Waals surface area contributed by atoms with Crippen molar-refractivity contribution < 1.29 is 28.6 Å². The van der Waals surface area contributed by atoms with Gasteiger partial charge in [0.05, 0.1) is 27.8 Å². The van der Waals surface area contributed by atoms with Crippen molar-refractivity contribution in [3.8, 4) is 0 Å². The van der Waals surface area contributed by atoms with Gasteiger partial charge in [0.15, 0.2) is 0 Å². The van der Waals surface area contributed by atoms with Crippen LogP contribution in [-0.4, -0.2) is 62.8 Å². The van der Waals surface area contributed by atoms with Gasteiger partial charge in [0.25, 0.3) is 0 Å². The Hall–Kier alpha value is -1.63. The van der Waals surface area contributed by atoms with Crippen LogP contribution in [0.2, 0.25) is 0 Å². The molecule has 0 aliphatic carbocycles. The van der Waals surface area contributed by atoms with Gasteiger partial charge < -0.3 is 14.2 Å². The van der Waals surface area contributed by atoms with E-state index in [4.69, 9.17) is 0 Å². The van der Waals surface area contributed by atoms with Crippen molar-refractivity contribution in [1.82, 2.24) is 4.90 Å². The zero-order chi connectivity index (χ0) is 13.0. The van der Waals surface area contributed by atoms with Crippen molar-refractivity contribution >= 4 is 17.9 Å². The highest BCUT2D eigenvalue weighted by atomic mass is 16.5. The third-order valence-electron chi connectivity index (χ3n) is 2.59. The lowest BCUT2D eigenvalue weighted by Crippen LogP contribution is -2.35. The first kappa shape index (κ1) is 13.4. The van der Waals surface area contributed by atoms with Crippen LogP contribution in [-0.2, 0) is 28.6 Å². The molecular weight excluding hydrogens is 230 g/mol. The summed E-state index contributed by atoms with van der Waals surface area (Å²) in [4.78, 5) is 35.4. The molecule has 3 unspecified atom stereocenters. The predicted octanol–water partition coefficient (Wildman–Crippen LogP) is -1.05. The normalized spacial score (nSPS) is 23.5. The SMILES string of the molecule is COC(=O)CC(C(=O)OC)N1CC1C(=O)OC. The molecule has 17 heavy (non-hydrogen) atoms. The van der Waals surface area contributed by atoms with Gasteiger partial charge in [0, 0.05) is 6.54 Å². The Morgan fingerprint density at radius 2 is 1.82 bits per heavy atom. The number of carbonyl (C=O) groups is 3. The molecule has 1 rings (SSSR count). The highest BCUT2D eigenvalue weighted by Crippen LogP contribution is 2.25. The number of esters is 3. The van der Waals surface area contributed by atoms with Crippen molar-refractivity contribution in [2.75, 3.05) is 27.9 Å². The number of nitrogens with zero attached hydrogens (tertiary/aromatic N) is 1. The Bertz CT molecular complexity index is 329. The van der Waals surface area contributed by atoms with E-state index in [1.165, 1.54) is 26.2 Å². The fourth-order valence-electron chi connectivity index (χ4n) is 1.56. The first-order valence-corrected chi connectivity index (χ1v) is 5.03. The molecule has 1 saturated heterocycles. The Kier molecular flexibility index (Phi) is 4.45. The summed E-state index contributed by atoms with van der Waals surface area (Å²) in [5.41, 5.74) is 0. The van der Waals surface area contributed by atoms with Gasteiger partial charge in [0.1, 0.15) is 12.1 Å². The average Bonchev–Trinajstić information content (AvgIpc) is 3.13. The summed E-state index contributed by atoms with van der Waals surface area (Å²) in [5, 5.41) is 0. The second-order valence-electron chi connectivity index (χ2n) is 3.55. The average molecular weight is 245 g/mol. The number of carbonyl (C=O) groups excluding carboxylic acids is 3. The molecule has 1 heterocycles. The zero-order valence-corrected chi connectivity index (χ0v) is 9.97. The monoisotopic (exact) mass is 245 g/mol. The molecule has 0 aromatic carbocycles. The van der Waals surface area contributed by atoms with E-state index in [9.17, 15) is 14.4 Å². The van der Waals surface area contributed by atoms with E-state index >= 15 is 0 Å². The van der Waals surface area contributed by atoms with Crippen LogP contribution >= 0.6 is 0 Å². The van der Waals surface area contributed by atoms with Gasteiger partial charge in [-0.15, -0.1) is 0 Å². The Morgan fingerprint density at radius 3 is 2.29 bits per heavy atom. The largest absolute Gasteiger partial charge is 0.469 e. The highest BCUT2D eigenvalue weighted by Gasteiger charge is 2.49. The first-order valence-electron chi connectivity index (χ1n) is 5.03. The fourth-order valence-corrected chi connectivity index (χ4v) is 1.56. The molecular formula is C10H15NO6. The van der Waals surface area contributed by atoms with E-state index in [0.717, 1.165) is 0 Å². The summed E-state index contributed by atoms with van der Waals surface area (Å²) in [6.45, 7) is 0.378. The smallest absolute Gasteiger partial charge is 0.324 e. The van der Waals surface area contributed by atoms with Crippen LogP contribution in [0.5, 0.6) is 0 Å². The number of methoxy groups -OCH3 is 3. The second-order valence-corrected chi connectivity index (χ2v) is 3.55. The van der Waals surface area contributed by atoms with E-state index in [-0.39, 0.29) is 6.42 Å². The lowest BCUT2D eigenvalue weighted by atomic mass is 10.2. The minimum atomic E-state index is -0.795. The summed E-state index contributed by atoms with van der Waals surface area (Å²) < 4.78 is 13.6. The quantitative estimate of drug-likeness (QED) is 0.347. The minimum Gasteiger partial charge on any atom is -0.469 e. The van der Waals surface area contributed by atoms with Gasteiger partial charge in [-0.05, 0) is 0 Å². The van der Waals surface area contributed by atoms with Crippen LogP contribution in [0.1, 0.15) is 6.42 Å². The molecule has 0 aromatic rings. The molecule has 1 fully saturated rings. The molecule has 7 heteroatoms. The number of hydrogen-bond acceptors (Lipinski definition) is 7. The number of rotatable bonds is 5. The first-order chi connectivity index (χ1) is 8.04. The van der Waals surface area contributed by atoms with E-state index in [1.807, 2.05) is 0 Å². The van der Waals surface area contributed by atoms with Crippen LogP contribution in [0, 0.1) is 0 Å².